The zero-order valence-electron chi connectivity index (χ0n) is 16.5. The standard InChI is InChI=1S/C19H20N6O4S2/c1-24-13(8-21-23-24)30-9-12-10-31-17-14(16(26)25(17)15(12)18(27)28)22-19(29)20-7-11-5-3-2-4-6-11/h2-6,8,14,17H,7,9-10H2,1H3,(H,27,28)(H2,20,22,29)/t14?,17-/m1/s1. The molecule has 3 amide bonds. The summed E-state index contributed by atoms with van der Waals surface area (Å²) in [5.41, 5.74) is 1.59. The number of fused-ring (bicyclic) bond motifs is 1. The van der Waals surface area contributed by atoms with Crippen LogP contribution < -0.4 is 10.6 Å². The van der Waals surface area contributed by atoms with Crippen LogP contribution in [-0.2, 0) is 23.2 Å². The van der Waals surface area contributed by atoms with Gasteiger partial charge in [-0.3, -0.25) is 9.69 Å². The van der Waals surface area contributed by atoms with Gasteiger partial charge in [0.15, 0.2) is 0 Å². The van der Waals surface area contributed by atoms with Crippen LogP contribution in [0.15, 0.2) is 52.8 Å². The molecule has 0 saturated carbocycles. The lowest BCUT2D eigenvalue weighted by molar-refractivity contribution is -0.148. The number of carboxylic acids is 1. The number of hydrogen-bond donors (Lipinski definition) is 3. The zero-order chi connectivity index (χ0) is 22.0. The molecule has 0 spiro atoms. The second-order valence-corrected chi connectivity index (χ2v) is 9.04. The second-order valence-electron chi connectivity index (χ2n) is 6.94. The van der Waals surface area contributed by atoms with E-state index in [1.165, 1.54) is 28.4 Å². The molecule has 31 heavy (non-hydrogen) atoms. The summed E-state index contributed by atoms with van der Waals surface area (Å²) in [5.74, 6) is -0.710. The molecule has 1 saturated heterocycles. The van der Waals surface area contributed by atoms with Crippen molar-refractivity contribution in [3.63, 3.8) is 0 Å². The van der Waals surface area contributed by atoms with Gasteiger partial charge in [-0.05, 0) is 11.1 Å². The number of aromatic nitrogens is 3. The first kappa shape index (κ1) is 21.2. The van der Waals surface area contributed by atoms with Gasteiger partial charge in [0, 0.05) is 25.1 Å². The van der Waals surface area contributed by atoms with E-state index in [0.29, 0.717) is 23.6 Å². The molecule has 1 aromatic carbocycles. The number of aliphatic carboxylic acids is 1. The molecule has 2 aliphatic rings. The van der Waals surface area contributed by atoms with Crippen molar-refractivity contribution in [1.82, 2.24) is 30.5 Å². The average molecular weight is 461 g/mol. The smallest absolute Gasteiger partial charge is 0.352 e. The molecule has 2 aromatic rings. The van der Waals surface area contributed by atoms with Crippen LogP contribution in [0.4, 0.5) is 4.79 Å². The highest BCUT2D eigenvalue weighted by molar-refractivity contribution is 8.01. The summed E-state index contributed by atoms with van der Waals surface area (Å²) in [6.07, 6.45) is 1.60. The van der Waals surface area contributed by atoms with Gasteiger partial charge in [0.05, 0.1) is 6.20 Å². The summed E-state index contributed by atoms with van der Waals surface area (Å²) >= 11 is 2.85. The van der Waals surface area contributed by atoms with E-state index in [2.05, 4.69) is 20.9 Å². The summed E-state index contributed by atoms with van der Waals surface area (Å²) in [6.45, 7) is 0.333. The molecule has 0 bridgehead atoms. The van der Waals surface area contributed by atoms with Gasteiger partial charge in [-0.2, -0.15) is 0 Å². The number of carbonyl (C=O) groups excluding carboxylic acids is 2. The number of urea groups is 1. The SMILES string of the molecule is Cn1nncc1SCC1=C(C(=O)O)N2C(=O)C(NC(=O)NCc3ccccc3)[C@H]2SC1. The van der Waals surface area contributed by atoms with Gasteiger partial charge in [0.1, 0.15) is 22.1 Å². The first-order valence-electron chi connectivity index (χ1n) is 9.41. The van der Waals surface area contributed by atoms with E-state index in [0.717, 1.165) is 10.6 Å². The van der Waals surface area contributed by atoms with Crippen molar-refractivity contribution in [2.75, 3.05) is 11.5 Å². The molecule has 2 atom stereocenters. The molecule has 0 aliphatic carbocycles. The van der Waals surface area contributed by atoms with E-state index in [4.69, 9.17) is 0 Å². The Morgan fingerprint density at radius 2 is 2.10 bits per heavy atom. The van der Waals surface area contributed by atoms with Gasteiger partial charge >= 0.3 is 12.0 Å². The summed E-state index contributed by atoms with van der Waals surface area (Å²) in [7, 11) is 1.76. The summed E-state index contributed by atoms with van der Waals surface area (Å²) < 4.78 is 1.60. The Morgan fingerprint density at radius 3 is 2.77 bits per heavy atom. The van der Waals surface area contributed by atoms with E-state index in [1.807, 2.05) is 30.3 Å². The van der Waals surface area contributed by atoms with Crippen molar-refractivity contribution in [3.8, 4) is 0 Å². The minimum absolute atomic E-state index is 0.000814. The van der Waals surface area contributed by atoms with Crippen LogP contribution in [0.25, 0.3) is 0 Å². The molecule has 10 nitrogen and oxygen atoms in total. The lowest BCUT2D eigenvalue weighted by atomic mass is 10.0. The predicted octanol–water partition coefficient (Wildman–Crippen LogP) is 1.03. The van der Waals surface area contributed by atoms with Crippen molar-refractivity contribution < 1.29 is 19.5 Å². The Morgan fingerprint density at radius 1 is 1.32 bits per heavy atom. The van der Waals surface area contributed by atoms with Crippen LogP contribution >= 0.6 is 23.5 Å². The lowest BCUT2D eigenvalue weighted by Crippen LogP contribution is -2.71. The summed E-state index contributed by atoms with van der Waals surface area (Å²) in [6, 6.07) is 8.19. The number of rotatable bonds is 7. The van der Waals surface area contributed by atoms with Gasteiger partial charge in [-0.25, -0.2) is 14.3 Å². The summed E-state index contributed by atoms with van der Waals surface area (Å²) in [4.78, 5) is 38.1. The van der Waals surface area contributed by atoms with Crippen LogP contribution in [0.1, 0.15) is 5.56 Å². The Bertz CT molecular complexity index is 1040. The number of benzene rings is 1. The maximum Gasteiger partial charge on any atom is 0.352 e. The second kappa shape index (κ2) is 9.02. The largest absolute Gasteiger partial charge is 0.477 e. The van der Waals surface area contributed by atoms with Crippen LogP contribution in [-0.4, -0.2) is 65.8 Å². The molecule has 1 aromatic heterocycles. The van der Waals surface area contributed by atoms with Crippen molar-refractivity contribution in [3.05, 3.63) is 53.4 Å². The molecular weight excluding hydrogens is 440 g/mol. The predicted molar refractivity (Wildman–Crippen MR) is 115 cm³/mol. The van der Waals surface area contributed by atoms with Gasteiger partial charge < -0.3 is 15.7 Å². The Hall–Kier alpha value is -2.99. The molecule has 3 heterocycles. The number of β-lactam (4-membered cyclic amide) rings is 1. The van der Waals surface area contributed by atoms with E-state index in [-0.39, 0.29) is 5.70 Å². The van der Waals surface area contributed by atoms with Gasteiger partial charge in [0.2, 0.25) is 0 Å². The number of carbonyl (C=O) groups is 3. The Labute approximate surface area is 186 Å². The topological polar surface area (TPSA) is 129 Å². The van der Waals surface area contributed by atoms with E-state index in [9.17, 15) is 19.5 Å². The molecule has 4 rings (SSSR count). The highest BCUT2D eigenvalue weighted by Gasteiger charge is 2.54. The fraction of sp³-hybridized carbons (Fsp3) is 0.316. The number of nitrogens with one attached hydrogen (secondary N) is 2. The molecule has 2 aliphatic heterocycles. The minimum atomic E-state index is -1.15. The summed E-state index contributed by atoms with van der Waals surface area (Å²) in [5, 5.41) is 23.2. The highest BCUT2D eigenvalue weighted by Crippen LogP contribution is 2.41. The van der Waals surface area contributed by atoms with Crippen molar-refractivity contribution in [2.45, 2.75) is 23.0 Å². The maximum absolute atomic E-state index is 12.7. The monoisotopic (exact) mass is 460 g/mol. The quantitative estimate of drug-likeness (QED) is 0.413. The maximum atomic E-state index is 12.7. The third kappa shape index (κ3) is 4.39. The van der Waals surface area contributed by atoms with Gasteiger partial charge in [-0.15, -0.1) is 28.6 Å². The molecule has 1 unspecified atom stereocenters. The molecule has 3 N–H and O–H groups in total. The third-order valence-corrected chi connectivity index (χ3v) is 7.40. The van der Waals surface area contributed by atoms with Gasteiger partial charge in [0.25, 0.3) is 5.91 Å². The highest BCUT2D eigenvalue weighted by atomic mass is 32.2. The fourth-order valence-electron chi connectivity index (χ4n) is 3.34. The van der Waals surface area contributed by atoms with E-state index in [1.54, 1.807) is 17.9 Å². The molecular formula is C19H20N6O4S2. The number of hydrogen-bond acceptors (Lipinski definition) is 7. The van der Waals surface area contributed by atoms with Crippen molar-refractivity contribution in [2.24, 2.45) is 7.05 Å². The minimum Gasteiger partial charge on any atom is -0.477 e. The lowest BCUT2D eigenvalue weighted by Gasteiger charge is -2.49. The van der Waals surface area contributed by atoms with Crippen LogP contribution in [0.3, 0.4) is 0 Å². The van der Waals surface area contributed by atoms with Crippen molar-refractivity contribution >= 4 is 41.4 Å². The van der Waals surface area contributed by atoms with E-state index < -0.39 is 29.3 Å². The number of carboxylic acid groups (broad SMARTS) is 1. The number of nitrogens with zero attached hydrogens (tertiary/aromatic N) is 4. The number of aryl methyl sites for hydroxylation is 1. The molecule has 1 fully saturated rings. The van der Waals surface area contributed by atoms with Gasteiger partial charge in [-0.1, -0.05) is 35.5 Å². The zero-order valence-corrected chi connectivity index (χ0v) is 18.2. The fourth-order valence-corrected chi connectivity index (χ4v) is 5.72. The third-order valence-electron chi connectivity index (χ3n) is 4.90. The first-order chi connectivity index (χ1) is 15.0. The Kier molecular flexibility index (Phi) is 6.18. The average Bonchev–Trinajstić information content (AvgIpc) is 3.19. The number of thioether (sulfide) groups is 2. The molecule has 12 heteroatoms. The Balaban J connectivity index is 1.39. The van der Waals surface area contributed by atoms with Crippen LogP contribution in [0, 0.1) is 0 Å². The van der Waals surface area contributed by atoms with Crippen LogP contribution in [0.5, 0.6) is 0 Å². The van der Waals surface area contributed by atoms with E-state index >= 15 is 0 Å². The molecule has 0 radical (unpaired) electrons. The van der Waals surface area contributed by atoms with Crippen molar-refractivity contribution in [1.29, 1.82) is 0 Å². The first-order valence-corrected chi connectivity index (χ1v) is 11.4. The van der Waals surface area contributed by atoms with Crippen LogP contribution in [0.2, 0.25) is 0 Å². The normalized spacial score (nSPS) is 20.2. The molecule has 162 valence electrons. The number of amides is 3.